The molecule has 4 aliphatic carbocycles. The molecule has 0 aromatic rings. The molecule has 4 rings (SSSR count). The molecule has 5 heteroatoms. The standard InChI is InChI=1S/C39H66O3Si2/c1-27(16-23-35(40)30-18-19-30)33-21-22-34-29(15-14-24-39(33,34)9)17-20-31-25-32(41-43(10,11)37(3,4)5)26-36(28(31)2)42-44(12,13)38(6,7)8/h16-17,20,23,27,30,32-34,36H,2,14-15,18-19,21-22,24-26H2,1,3-13H3/b23-16+,29-17-,31-20+/t27-,32-,33-,34?,36+,39-/m1/s1. The molecule has 0 aromatic heterocycles. The Morgan fingerprint density at radius 1 is 0.955 bits per heavy atom. The van der Waals surface area contributed by atoms with Gasteiger partial charge in [-0.05, 0) is 128 Å². The zero-order valence-corrected chi connectivity index (χ0v) is 32.6. The van der Waals surface area contributed by atoms with E-state index in [1.54, 1.807) is 5.57 Å². The largest absolute Gasteiger partial charge is 0.413 e. The molecule has 6 atom stereocenters. The summed E-state index contributed by atoms with van der Waals surface area (Å²) >= 11 is 0. The van der Waals surface area contributed by atoms with E-state index in [9.17, 15) is 4.79 Å². The smallest absolute Gasteiger partial charge is 0.192 e. The van der Waals surface area contributed by atoms with E-state index < -0.39 is 16.6 Å². The second-order valence-electron chi connectivity index (χ2n) is 18.3. The van der Waals surface area contributed by atoms with Crippen LogP contribution >= 0.6 is 0 Å². The van der Waals surface area contributed by atoms with E-state index in [1.807, 2.05) is 6.08 Å². The number of fused-ring (bicyclic) bond motifs is 1. The molecule has 0 aromatic carbocycles. The number of rotatable bonds is 9. The Morgan fingerprint density at radius 3 is 2.16 bits per heavy atom. The Bertz CT molecular complexity index is 1170. The summed E-state index contributed by atoms with van der Waals surface area (Å²) in [6.45, 7) is 33.0. The van der Waals surface area contributed by atoms with Crippen molar-refractivity contribution in [3.8, 4) is 0 Å². The first-order chi connectivity index (χ1) is 20.2. The molecular weight excluding hydrogens is 573 g/mol. The molecule has 0 aliphatic heterocycles. The Balaban J connectivity index is 1.58. The third-order valence-corrected chi connectivity index (χ3v) is 22.0. The van der Waals surface area contributed by atoms with E-state index in [2.05, 4.69) is 106 Å². The van der Waals surface area contributed by atoms with E-state index in [1.165, 1.54) is 43.3 Å². The first-order valence-electron chi connectivity index (χ1n) is 17.8. The molecule has 0 heterocycles. The summed E-state index contributed by atoms with van der Waals surface area (Å²) in [5, 5.41) is 0.321. The van der Waals surface area contributed by atoms with Gasteiger partial charge in [-0.15, -0.1) is 0 Å². The average Bonchev–Trinajstić information content (AvgIpc) is 3.68. The lowest BCUT2D eigenvalue weighted by Crippen LogP contribution is -2.49. The van der Waals surface area contributed by atoms with Gasteiger partial charge < -0.3 is 8.85 Å². The fourth-order valence-corrected chi connectivity index (χ4v) is 10.5. The zero-order valence-electron chi connectivity index (χ0n) is 30.6. The monoisotopic (exact) mass is 638 g/mol. The van der Waals surface area contributed by atoms with Gasteiger partial charge in [-0.3, -0.25) is 4.79 Å². The number of hydrogen-bond acceptors (Lipinski definition) is 3. The number of hydrogen-bond donors (Lipinski definition) is 0. The van der Waals surface area contributed by atoms with Crippen LogP contribution in [-0.2, 0) is 13.6 Å². The summed E-state index contributed by atoms with van der Waals surface area (Å²) in [6.07, 6.45) is 19.5. The van der Waals surface area contributed by atoms with E-state index in [0.29, 0.717) is 34.9 Å². The summed E-state index contributed by atoms with van der Waals surface area (Å²) < 4.78 is 14.1. The van der Waals surface area contributed by atoms with Gasteiger partial charge in [-0.1, -0.05) is 85.8 Å². The highest BCUT2D eigenvalue weighted by Crippen LogP contribution is 2.59. The van der Waals surface area contributed by atoms with Gasteiger partial charge in [0.25, 0.3) is 0 Å². The first-order valence-corrected chi connectivity index (χ1v) is 23.6. The fourth-order valence-electron chi connectivity index (χ4n) is 7.79. The van der Waals surface area contributed by atoms with Crippen LogP contribution in [0.25, 0.3) is 0 Å². The highest BCUT2D eigenvalue weighted by Gasteiger charge is 2.50. The molecule has 44 heavy (non-hydrogen) atoms. The van der Waals surface area contributed by atoms with E-state index in [-0.39, 0.29) is 22.3 Å². The summed E-state index contributed by atoms with van der Waals surface area (Å²) in [4.78, 5) is 12.4. The van der Waals surface area contributed by atoms with Crippen molar-refractivity contribution in [1.82, 2.24) is 0 Å². The lowest BCUT2D eigenvalue weighted by molar-refractivity contribution is -0.115. The van der Waals surface area contributed by atoms with Gasteiger partial charge >= 0.3 is 0 Å². The molecule has 3 nitrogen and oxygen atoms in total. The first kappa shape index (κ1) is 35.8. The zero-order chi connectivity index (χ0) is 32.9. The van der Waals surface area contributed by atoms with Crippen molar-refractivity contribution in [3.63, 3.8) is 0 Å². The highest BCUT2D eigenvalue weighted by molar-refractivity contribution is 6.74. The maximum absolute atomic E-state index is 12.4. The van der Waals surface area contributed by atoms with Crippen LogP contribution < -0.4 is 0 Å². The maximum Gasteiger partial charge on any atom is 0.192 e. The van der Waals surface area contributed by atoms with E-state index in [0.717, 1.165) is 25.7 Å². The molecule has 0 N–H and O–H groups in total. The van der Waals surface area contributed by atoms with Crippen molar-refractivity contribution in [1.29, 1.82) is 0 Å². The van der Waals surface area contributed by atoms with Crippen LogP contribution in [0.3, 0.4) is 0 Å². The summed E-state index contributed by atoms with van der Waals surface area (Å²) in [5.41, 5.74) is 4.43. The molecule has 1 unspecified atom stereocenters. The number of ketones is 1. The molecule has 4 saturated carbocycles. The molecule has 4 aliphatic rings. The number of carbonyl (C=O) groups is 1. The lowest BCUT2D eigenvalue weighted by Gasteiger charge is -2.45. The van der Waals surface area contributed by atoms with Crippen molar-refractivity contribution >= 4 is 22.4 Å². The Labute approximate surface area is 273 Å². The van der Waals surface area contributed by atoms with Gasteiger partial charge in [0.15, 0.2) is 22.4 Å². The second-order valence-corrected chi connectivity index (χ2v) is 27.8. The molecular formula is C39H66O3Si2. The molecule has 0 saturated heterocycles. The van der Waals surface area contributed by atoms with Crippen LogP contribution in [0.2, 0.25) is 36.3 Å². The molecule has 0 radical (unpaired) electrons. The minimum absolute atomic E-state index is 0.0162. The van der Waals surface area contributed by atoms with Crippen molar-refractivity contribution < 1.29 is 13.6 Å². The molecule has 4 fully saturated rings. The van der Waals surface area contributed by atoms with Crippen LogP contribution in [0, 0.1) is 29.1 Å². The van der Waals surface area contributed by atoms with Gasteiger partial charge in [-0.2, -0.15) is 0 Å². The van der Waals surface area contributed by atoms with Gasteiger partial charge in [0.05, 0.1) is 12.2 Å². The lowest BCUT2D eigenvalue weighted by atomic mass is 9.61. The molecule has 0 bridgehead atoms. The molecule has 0 spiro atoms. The predicted molar refractivity (Wildman–Crippen MR) is 193 cm³/mol. The van der Waals surface area contributed by atoms with Crippen LogP contribution in [-0.4, -0.2) is 34.6 Å². The van der Waals surface area contributed by atoms with Crippen LogP contribution in [0.15, 0.2) is 47.6 Å². The highest BCUT2D eigenvalue weighted by atomic mass is 28.4. The summed E-state index contributed by atoms with van der Waals surface area (Å²) in [7, 11) is -3.91. The molecule has 0 amide bonds. The number of carbonyl (C=O) groups excluding carboxylic acids is 1. The van der Waals surface area contributed by atoms with E-state index in [4.69, 9.17) is 8.85 Å². The Hall–Kier alpha value is -1.02. The van der Waals surface area contributed by atoms with Gasteiger partial charge in [0.1, 0.15) is 0 Å². The quantitative estimate of drug-likeness (QED) is 0.186. The van der Waals surface area contributed by atoms with Crippen LogP contribution in [0.4, 0.5) is 0 Å². The minimum atomic E-state index is -1.98. The Kier molecular flexibility index (Phi) is 10.5. The van der Waals surface area contributed by atoms with Crippen molar-refractivity contribution in [3.05, 3.63) is 47.6 Å². The van der Waals surface area contributed by atoms with Gasteiger partial charge in [0, 0.05) is 12.3 Å². The minimum Gasteiger partial charge on any atom is -0.413 e. The topological polar surface area (TPSA) is 35.5 Å². The van der Waals surface area contributed by atoms with E-state index >= 15 is 0 Å². The van der Waals surface area contributed by atoms with Crippen LogP contribution in [0.1, 0.15) is 113 Å². The van der Waals surface area contributed by atoms with Crippen molar-refractivity contribution in [2.45, 2.75) is 162 Å². The Morgan fingerprint density at radius 2 is 1.57 bits per heavy atom. The third kappa shape index (κ3) is 7.74. The predicted octanol–water partition coefficient (Wildman–Crippen LogP) is 11.4. The number of allylic oxidation sites excluding steroid dienone is 5. The third-order valence-electron chi connectivity index (χ3n) is 13.0. The SMILES string of the molecule is C=C1/C(=C/C=C2/CCC[C@@]3(C)C2CC[C@@H]3[C@H](C)/C=C/C(=O)C2CC2)C[C@@H](O[Si](C)(C)C(C)(C)C)C[C@@H]1O[Si](C)(C)C(C)(C)C. The fraction of sp³-hybridized carbons (Fsp3) is 0.769. The van der Waals surface area contributed by atoms with Crippen LogP contribution in [0.5, 0.6) is 0 Å². The maximum atomic E-state index is 12.4. The summed E-state index contributed by atoms with van der Waals surface area (Å²) in [5.74, 6) is 2.39. The normalized spacial score (nSPS) is 33.3. The van der Waals surface area contributed by atoms with Gasteiger partial charge in [0.2, 0.25) is 0 Å². The average molecular weight is 639 g/mol. The summed E-state index contributed by atoms with van der Waals surface area (Å²) in [6, 6.07) is 0. The van der Waals surface area contributed by atoms with Crippen molar-refractivity contribution in [2.24, 2.45) is 29.1 Å². The van der Waals surface area contributed by atoms with Gasteiger partial charge in [-0.25, -0.2) is 0 Å². The second kappa shape index (κ2) is 12.9. The molecule has 248 valence electrons. The van der Waals surface area contributed by atoms with Crippen molar-refractivity contribution in [2.75, 3.05) is 0 Å².